The van der Waals surface area contributed by atoms with Crippen LogP contribution in [0.25, 0.3) is 0 Å². The van der Waals surface area contributed by atoms with Gasteiger partial charge in [-0.1, -0.05) is 31.5 Å². The minimum atomic E-state index is -4.24. The molecule has 21 heavy (non-hydrogen) atoms. The van der Waals surface area contributed by atoms with Gasteiger partial charge in [0.15, 0.2) is 0 Å². The fourth-order valence-corrected chi connectivity index (χ4v) is 3.29. The van der Waals surface area contributed by atoms with Crippen LogP contribution in [-0.4, -0.2) is 13.1 Å². The van der Waals surface area contributed by atoms with Gasteiger partial charge in [-0.3, -0.25) is 0 Å². The standard InChI is InChI=1S/C17H24F3N/c1-2-9-21-12-15-7-4-6-14(15)10-13-5-3-8-16(11-13)17(18,19)20/h3,5,8,11,14-15,21H,2,4,6-7,9-10,12H2,1H3. The Morgan fingerprint density at radius 3 is 2.67 bits per heavy atom. The number of hydrogen-bond acceptors (Lipinski definition) is 1. The van der Waals surface area contributed by atoms with Crippen LogP contribution in [0.4, 0.5) is 13.2 Å². The summed E-state index contributed by atoms with van der Waals surface area (Å²) in [7, 11) is 0. The van der Waals surface area contributed by atoms with Gasteiger partial charge in [0.05, 0.1) is 5.56 Å². The van der Waals surface area contributed by atoms with Crippen molar-refractivity contribution in [1.82, 2.24) is 5.32 Å². The van der Waals surface area contributed by atoms with Gasteiger partial charge >= 0.3 is 6.18 Å². The molecular formula is C17H24F3N. The minimum absolute atomic E-state index is 0.512. The van der Waals surface area contributed by atoms with Crippen molar-refractivity contribution in [3.63, 3.8) is 0 Å². The van der Waals surface area contributed by atoms with Crippen LogP contribution in [-0.2, 0) is 12.6 Å². The molecule has 1 aliphatic carbocycles. The number of halogens is 3. The van der Waals surface area contributed by atoms with E-state index < -0.39 is 11.7 Å². The van der Waals surface area contributed by atoms with E-state index in [2.05, 4.69) is 12.2 Å². The maximum absolute atomic E-state index is 12.8. The Kier molecular flexibility index (Phi) is 5.68. The maximum Gasteiger partial charge on any atom is 0.416 e. The molecule has 2 unspecified atom stereocenters. The molecular weight excluding hydrogens is 275 g/mol. The molecule has 1 saturated carbocycles. The van der Waals surface area contributed by atoms with E-state index in [4.69, 9.17) is 0 Å². The van der Waals surface area contributed by atoms with Gasteiger partial charge in [-0.15, -0.1) is 0 Å². The van der Waals surface area contributed by atoms with Gasteiger partial charge in [-0.25, -0.2) is 0 Å². The zero-order valence-corrected chi connectivity index (χ0v) is 12.5. The molecule has 2 atom stereocenters. The quantitative estimate of drug-likeness (QED) is 0.753. The zero-order chi connectivity index (χ0) is 15.3. The zero-order valence-electron chi connectivity index (χ0n) is 12.5. The van der Waals surface area contributed by atoms with Crippen molar-refractivity contribution in [1.29, 1.82) is 0 Å². The lowest BCUT2D eigenvalue weighted by molar-refractivity contribution is -0.137. The van der Waals surface area contributed by atoms with Crippen molar-refractivity contribution in [2.45, 2.75) is 45.2 Å². The SMILES string of the molecule is CCCNCC1CCCC1Cc1cccc(C(F)(F)F)c1. The Morgan fingerprint density at radius 2 is 1.95 bits per heavy atom. The van der Waals surface area contributed by atoms with Crippen molar-refractivity contribution >= 4 is 0 Å². The van der Waals surface area contributed by atoms with E-state index in [1.165, 1.54) is 25.0 Å². The normalized spacial score (nSPS) is 22.7. The van der Waals surface area contributed by atoms with Crippen molar-refractivity contribution in [3.8, 4) is 0 Å². The summed E-state index contributed by atoms with van der Waals surface area (Å²) in [5.74, 6) is 1.11. The largest absolute Gasteiger partial charge is 0.416 e. The fraction of sp³-hybridized carbons (Fsp3) is 0.647. The first-order valence-corrected chi connectivity index (χ1v) is 7.87. The van der Waals surface area contributed by atoms with E-state index in [-0.39, 0.29) is 0 Å². The molecule has 0 saturated heterocycles. The summed E-state index contributed by atoms with van der Waals surface area (Å²) in [5, 5.41) is 3.45. The van der Waals surface area contributed by atoms with Crippen molar-refractivity contribution in [2.24, 2.45) is 11.8 Å². The minimum Gasteiger partial charge on any atom is -0.316 e. The maximum atomic E-state index is 12.8. The van der Waals surface area contributed by atoms with Gasteiger partial charge < -0.3 is 5.32 Å². The summed E-state index contributed by atoms with van der Waals surface area (Å²) in [6.07, 6.45) is 1.17. The highest BCUT2D eigenvalue weighted by atomic mass is 19.4. The van der Waals surface area contributed by atoms with Gasteiger partial charge in [-0.05, 0) is 62.2 Å². The second-order valence-corrected chi connectivity index (χ2v) is 6.06. The highest BCUT2D eigenvalue weighted by molar-refractivity contribution is 5.26. The van der Waals surface area contributed by atoms with E-state index in [0.29, 0.717) is 11.8 Å². The molecule has 1 N–H and O–H groups in total. The summed E-state index contributed by atoms with van der Waals surface area (Å²) >= 11 is 0. The van der Waals surface area contributed by atoms with Crippen molar-refractivity contribution < 1.29 is 13.2 Å². The van der Waals surface area contributed by atoms with Crippen LogP contribution in [0, 0.1) is 11.8 Å². The lowest BCUT2D eigenvalue weighted by atomic mass is 9.89. The summed E-state index contributed by atoms with van der Waals surface area (Å²) in [6, 6.07) is 5.81. The smallest absolute Gasteiger partial charge is 0.316 e. The lowest BCUT2D eigenvalue weighted by Gasteiger charge is -2.20. The fourth-order valence-electron chi connectivity index (χ4n) is 3.29. The molecule has 1 aliphatic rings. The van der Waals surface area contributed by atoms with Crippen LogP contribution in [0.3, 0.4) is 0 Å². The molecule has 0 spiro atoms. The van der Waals surface area contributed by atoms with E-state index in [9.17, 15) is 13.2 Å². The molecule has 2 rings (SSSR count). The molecule has 1 nitrogen and oxygen atoms in total. The molecule has 0 bridgehead atoms. The number of rotatable bonds is 6. The number of benzene rings is 1. The first kappa shape index (κ1) is 16.3. The highest BCUT2D eigenvalue weighted by Gasteiger charge is 2.31. The van der Waals surface area contributed by atoms with E-state index in [0.717, 1.165) is 44.0 Å². The molecule has 1 aromatic carbocycles. The monoisotopic (exact) mass is 299 g/mol. The Hall–Kier alpha value is -1.03. The van der Waals surface area contributed by atoms with Gasteiger partial charge in [0, 0.05) is 0 Å². The molecule has 1 aromatic rings. The molecule has 0 aliphatic heterocycles. The van der Waals surface area contributed by atoms with Crippen molar-refractivity contribution in [2.75, 3.05) is 13.1 Å². The molecule has 118 valence electrons. The summed E-state index contributed by atoms with van der Waals surface area (Å²) in [4.78, 5) is 0. The van der Waals surface area contributed by atoms with E-state index in [1.807, 2.05) is 6.07 Å². The Morgan fingerprint density at radius 1 is 1.19 bits per heavy atom. The topological polar surface area (TPSA) is 12.0 Å². The third-order valence-electron chi connectivity index (χ3n) is 4.40. The molecule has 4 heteroatoms. The molecule has 0 radical (unpaired) electrons. The molecule has 1 fully saturated rings. The van der Waals surface area contributed by atoms with Crippen LogP contribution >= 0.6 is 0 Å². The van der Waals surface area contributed by atoms with Gasteiger partial charge in [0.25, 0.3) is 0 Å². The summed E-state index contributed by atoms with van der Waals surface area (Å²) in [6.45, 7) is 4.16. The summed E-state index contributed by atoms with van der Waals surface area (Å²) in [5.41, 5.74) is 0.288. The van der Waals surface area contributed by atoms with Crippen LogP contribution in [0.2, 0.25) is 0 Å². The van der Waals surface area contributed by atoms with Crippen LogP contribution in [0.5, 0.6) is 0 Å². The molecule has 0 heterocycles. The van der Waals surface area contributed by atoms with Gasteiger partial charge in [0.2, 0.25) is 0 Å². The third-order valence-corrected chi connectivity index (χ3v) is 4.40. The second-order valence-electron chi connectivity index (χ2n) is 6.06. The number of hydrogen-bond donors (Lipinski definition) is 1. The second kappa shape index (κ2) is 7.30. The number of nitrogens with one attached hydrogen (secondary N) is 1. The Bertz CT molecular complexity index is 442. The lowest BCUT2D eigenvalue weighted by Crippen LogP contribution is -2.26. The van der Waals surface area contributed by atoms with Gasteiger partial charge in [0.1, 0.15) is 0 Å². The van der Waals surface area contributed by atoms with E-state index >= 15 is 0 Å². The number of alkyl halides is 3. The van der Waals surface area contributed by atoms with Crippen LogP contribution in [0.15, 0.2) is 24.3 Å². The third kappa shape index (κ3) is 4.73. The van der Waals surface area contributed by atoms with Crippen molar-refractivity contribution in [3.05, 3.63) is 35.4 Å². The first-order valence-electron chi connectivity index (χ1n) is 7.87. The predicted octanol–water partition coefficient (Wildman–Crippen LogP) is 4.66. The first-order chi connectivity index (χ1) is 10.0. The predicted molar refractivity (Wildman–Crippen MR) is 79.1 cm³/mol. The molecule has 0 amide bonds. The van der Waals surface area contributed by atoms with E-state index in [1.54, 1.807) is 0 Å². The Balaban J connectivity index is 1.97. The van der Waals surface area contributed by atoms with Crippen LogP contribution in [0.1, 0.15) is 43.7 Å². The van der Waals surface area contributed by atoms with Gasteiger partial charge in [-0.2, -0.15) is 13.2 Å². The average Bonchev–Trinajstić information content (AvgIpc) is 2.86. The average molecular weight is 299 g/mol. The summed E-state index contributed by atoms with van der Waals surface area (Å²) < 4.78 is 38.3. The molecule has 0 aromatic heterocycles. The van der Waals surface area contributed by atoms with Crippen LogP contribution < -0.4 is 5.32 Å². The highest BCUT2D eigenvalue weighted by Crippen LogP contribution is 2.35. The Labute approximate surface area is 124 Å².